The molecule has 0 spiro atoms. The quantitative estimate of drug-likeness (QED) is 0.159. The van der Waals surface area contributed by atoms with Gasteiger partial charge in [0.25, 0.3) is 0 Å². The molecule has 2 aromatic carbocycles. The number of hydrogen-bond acceptors (Lipinski definition) is 3. The maximum Gasteiger partial charge on any atom is 0.303 e. The van der Waals surface area contributed by atoms with Crippen LogP contribution in [0.5, 0.6) is 0 Å². The fourth-order valence-electron chi connectivity index (χ4n) is 7.44. The summed E-state index contributed by atoms with van der Waals surface area (Å²) in [6.07, 6.45) is 14.5. The number of anilines is 1. The molecule has 6 nitrogen and oxygen atoms in total. The normalized spacial score (nSPS) is 19.8. The number of fused-ring (bicyclic) bond motifs is 2. The van der Waals surface area contributed by atoms with Crippen molar-refractivity contribution in [2.75, 3.05) is 18.0 Å². The molecule has 1 aliphatic carbocycles. The minimum atomic E-state index is -0.773. The molecule has 0 aromatic heterocycles. The predicted molar refractivity (Wildman–Crippen MR) is 201 cm³/mol. The van der Waals surface area contributed by atoms with E-state index in [1.165, 1.54) is 0 Å². The number of hydrogen-bond donors (Lipinski definition) is 2. The summed E-state index contributed by atoms with van der Waals surface area (Å²) in [4.78, 5) is 24.6. The molecule has 2 heterocycles. The zero-order valence-corrected chi connectivity index (χ0v) is 31.1. The van der Waals surface area contributed by atoms with E-state index in [-0.39, 0.29) is 23.7 Å². The number of benzene rings is 2. The lowest BCUT2D eigenvalue weighted by Crippen LogP contribution is -2.28. The van der Waals surface area contributed by atoms with Crippen LogP contribution in [0.3, 0.4) is 0 Å². The predicted octanol–water partition coefficient (Wildman–Crippen LogP) is 10.7. The van der Waals surface area contributed by atoms with Gasteiger partial charge in [0.1, 0.15) is 6.54 Å². The molecular formula is C40H46Cl3N2O4+. The Morgan fingerprint density at radius 3 is 2.16 bits per heavy atom. The molecule has 260 valence electrons. The van der Waals surface area contributed by atoms with E-state index < -0.39 is 11.9 Å². The van der Waals surface area contributed by atoms with Crippen LogP contribution in [0, 0.1) is 0 Å². The topological polar surface area (TPSA) is 80.9 Å². The van der Waals surface area contributed by atoms with Gasteiger partial charge in [-0.3, -0.25) is 9.59 Å². The number of carbonyl (C=O) groups is 2. The number of unbranched alkanes of at least 4 members (excludes halogenated alkanes) is 2. The lowest BCUT2D eigenvalue weighted by molar-refractivity contribution is -0.438. The smallest absolute Gasteiger partial charge is 0.303 e. The number of nitrogens with zero attached hydrogens (tertiary/aromatic N) is 2. The van der Waals surface area contributed by atoms with Gasteiger partial charge in [-0.1, -0.05) is 60.8 Å². The Kier molecular flexibility index (Phi) is 11.5. The number of carboxylic acids is 2. The summed E-state index contributed by atoms with van der Waals surface area (Å²) < 4.78 is 2.31. The molecule has 0 radical (unpaired) electrons. The van der Waals surface area contributed by atoms with E-state index in [1.54, 1.807) is 0 Å². The summed E-state index contributed by atoms with van der Waals surface area (Å²) in [6, 6.07) is 12.0. The monoisotopic (exact) mass is 723 g/mol. The van der Waals surface area contributed by atoms with Crippen LogP contribution < -0.4 is 4.90 Å². The highest BCUT2D eigenvalue weighted by Gasteiger charge is 2.44. The van der Waals surface area contributed by atoms with Crippen molar-refractivity contribution >= 4 is 63.8 Å². The van der Waals surface area contributed by atoms with E-state index in [9.17, 15) is 9.59 Å². The minimum Gasteiger partial charge on any atom is -0.481 e. The number of aliphatic carboxylic acids is 2. The Hall–Kier alpha value is -3.32. The van der Waals surface area contributed by atoms with Crippen LogP contribution >= 0.6 is 34.8 Å². The first-order valence-electron chi connectivity index (χ1n) is 17.2. The second-order valence-corrected chi connectivity index (χ2v) is 15.5. The molecule has 0 amide bonds. The van der Waals surface area contributed by atoms with Crippen LogP contribution in [0.25, 0.3) is 0 Å². The summed E-state index contributed by atoms with van der Waals surface area (Å²) in [7, 11) is 0. The average molecular weight is 725 g/mol. The number of carboxylic acid groups (broad SMARTS) is 2. The maximum atomic E-state index is 11.1. The van der Waals surface area contributed by atoms with E-state index in [0.29, 0.717) is 36.0 Å². The van der Waals surface area contributed by atoms with Crippen molar-refractivity contribution in [2.45, 2.75) is 96.3 Å². The Labute approximate surface area is 305 Å². The molecule has 2 aliphatic heterocycles. The lowest BCUT2D eigenvalue weighted by atomic mass is 9.81. The van der Waals surface area contributed by atoms with Gasteiger partial charge in [0.05, 0.1) is 5.41 Å². The summed E-state index contributed by atoms with van der Waals surface area (Å²) >= 11 is 20.1. The maximum absolute atomic E-state index is 11.1. The SMILES string of the molecule is CC1(C)C(/C=C/C2=C(Cl)C(=C/C=C3/N(CCCCC(=O)O)c4ccc(Cl)cc4C3(C)C)/CCC2)=[N+](CCCCC(=O)O)c2ccc(Cl)cc21. The van der Waals surface area contributed by atoms with Crippen LogP contribution in [0.4, 0.5) is 11.4 Å². The van der Waals surface area contributed by atoms with Crippen molar-refractivity contribution in [1.29, 1.82) is 0 Å². The van der Waals surface area contributed by atoms with Crippen LogP contribution in [0.2, 0.25) is 10.0 Å². The Bertz CT molecular complexity index is 1800. The van der Waals surface area contributed by atoms with Crippen LogP contribution in [0.1, 0.15) is 96.6 Å². The Morgan fingerprint density at radius 1 is 0.816 bits per heavy atom. The van der Waals surface area contributed by atoms with Crippen molar-refractivity contribution in [3.8, 4) is 0 Å². The summed E-state index contributed by atoms with van der Waals surface area (Å²) in [6.45, 7) is 10.2. The highest BCUT2D eigenvalue weighted by molar-refractivity contribution is 6.33. The molecule has 0 fully saturated rings. The average Bonchev–Trinajstić information content (AvgIpc) is 3.37. The van der Waals surface area contributed by atoms with Gasteiger partial charge in [-0.15, -0.1) is 0 Å². The van der Waals surface area contributed by atoms with Crippen molar-refractivity contribution in [1.82, 2.24) is 0 Å². The zero-order chi connectivity index (χ0) is 35.5. The first kappa shape index (κ1) is 36.9. The van der Waals surface area contributed by atoms with Crippen molar-refractivity contribution in [3.63, 3.8) is 0 Å². The van der Waals surface area contributed by atoms with Crippen molar-refractivity contribution < 1.29 is 24.4 Å². The highest BCUT2D eigenvalue weighted by Crippen LogP contribution is 2.49. The van der Waals surface area contributed by atoms with Crippen molar-refractivity contribution in [2.24, 2.45) is 0 Å². The van der Waals surface area contributed by atoms with Gasteiger partial charge >= 0.3 is 11.9 Å². The molecule has 0 saturated heterocycles. The fourth-order valence-corrected chi connectivity index (χ4v) is 8.10. The molecule has 2 N–H and O–H groups in total. The van der Waals surface area contributed by atoms with Crippen LogP contribution in [0.15, 0.2) is 82.6 Å². The minimum absolute atomic E-state index is 0.156. The molecule has 9 heteroatoms. The van der Waals surface area contributed by atoms with Gasteiger partial charge in [0.15, 0.2) is 5.71 Å². The number of allylic oxidation sites excluding steroid dienone is 8. The largest absolute Gasteiger partial charge is 0.481 e. The molecule has 0 bridgehead atoms. The Balaban J connectivity index is 1.46. The van der Waals surface area contributed by atoms with E-state index >= 15 is 0 Å². The molecule has 0 atom stereocenters. The summed E-state index contributed by atoms with van der Waals surface area (Å²) in [5.74, 6) is -1.55. The van der Waals surface area contributed by atoms with E-state index in [0.717, 1.165) is 82.2 Å². The van der Waals surface area contributed by atoms with Gasteiger partial charge in [-0.25, -0.2) is 0 Å². The first-order chi connectivity index (χ1) is 23.2. The third-order valence-electron chi connectivity index (χ3n) is 10.1. The van der Waals surface area contributed by atoms with Gasteiger partial charge in [-0.2, -0.15) is 4.58 Å². The zero-order valence-electron chi connectivity index (χ0n) is 28.8. The van der Waals surface area contributed by atoms with E-state index in [1.807, 2.05) is 24.3 Å². The van der Waals surface area contributed by atoms with Gasteiger partial charge < -0.3 is 15.1 Å². The second kappa shape index (κ2) is 15.3. The summed E-state index contributed by atoms with van der Waals surface area (Å²) in [5.41, 5.74) is 8.38. The standard InChI is InChI=1S/C40H45Cl3N2O4/c1-39(2)30-24-28(41)16-18-32(30)44(22-7-5-12-36(46)47)34(39)20-14-26-10-9-11-27(38(26)43)15-21-35-40(3,4)31-25-29(42)17-19-33(31)45(35)23-8-6-13-37(48)49/h14-21,24-25H,5-13,22-23H2,1-4H3,(H-,46,47,48,49)/p+1. The third kappa shape index (κ3) is 8.03. The Morgan fingerprint density at radius 2 is 1.47 bits per heavy atom. The van der Waals surface area contributed by atoms with E-state index in [2.05, 4.69) is 73.6 Å². The van der Waals surface area contributed by atoms with Crippen LogP contribution in [-0.2, 0) is 20.4 Å². The lowest BCUT2D eigenvalue weighted by Gasteiger charge is -2.27. The first-order valence-corrected chi connectivity index (χ1v) is 18.3. The molecular weight excluding hydrogens is 679 g/mol. The molecule has 3 aliphatic rings. The molecule has 0 unspecified atom stereocenters. The van der Waals surface area contributed by atoms with Gasteiger partial charge in [0, 0.05) is 75.4 Å². The van der Waals surface area contributed by atoms with Gasteiger partial charge in [0.2, 0.25) is 5.69 Å². The third-order valence-corrected chi connectivity index (χ3v) is 11.0. The van der Waals surface area contributed by atoms with Crippen molar-refractivity contribution in [3.05, 3.63) is 104 Å². The number of rotatable bonds is 13. The van der Waals surface area contributed by atoms with Gasteiger partial charge in [-0.05, 0) is 105 Å². The highest BCUT2D eigenvalue weighted by atomic mass is 35.5. The van der Waals surface area contributed by atoms with Crippen LogP contribution in [-0.4, -0.2) is 45.5 Å². The molecule has 49 heavy (non-hydrogen) atoms. The second-order valence-electron chi connectivity index (χ2n) is 14.2. The molecule has 0 saturated carbocycles. The number of halogens is 3. The van der Waals surface area contributed by atoms with E-state index in [4.69, 9.17) is 45.0 Å². The summed E-state index contributed by atoms with van der Waals surface area (Å²) in [5, 5.41) is 20.5. The molecule has 2 aromatic rings. The molecule has 5 rings (SSSR count). The fraction of sp³-hybridized carbons (Fsp3) is 0.425.